The summed E-state index contributed by atoms with van der Waals surface area (Å²) < 4.78 is 4.59. The zero-order valence-corrected chi connectivity index (χ0v) is 13.0. The van der Waals surface area contributed by atoms with E-state index in [1.807, 2.05) is 18.3 Å². The van der Waals surface area contributed by atoms with Gasteiger partial charge in [-0.25, -0.2) is 0 Å². The zero-order valence-electron chi connectivity index (χ0n) is 13.0. The van der Waals surface area contributed by atoms with Gasteiger partial charge in [0.1, 0.15) is 0 Å². The molecule has 0 aliphatic rings. The van der Waals surface area contributed by atoms with Gasteiger partial charge in [-0.05, 0) is 18.1 Å². The maximum absolute atomic E-state index is 11.0. The number of aromatic amines is 1. The lowest BCUT2D eigenvalue weighted by atomic mass is 10.1. The lowest BCUT2D eigenvalue weighted by Gasteiger charge is -2.11. The highest BCUT2D eigenvalue weighted by Gasteiger charge is 2.04. The van der Waals surface area contributed by atoms with Gasteiger partial charge in [0.2, 0.25) is 0 Å². The van der Waals surface area contributed by atoms with Gasteiger partial charge in [0.25, 0.3) is 0 Å². The predicted molar refractivity (Wildman–Crippen MR) is 88.0 cm³/mol. The summed E-state index contributed by atoms with van der Waals surface area (Å²) >= 11 is 0. The molecule has 0 unspecified atom stereocenters. The summed E-state index contributed by atoms with van der Waals surface area (Å²) in [6.07, 6.45) is 3.25. The SMILES string of the molecule is CN=C(NCCC(=O)OC)NCCc1c[nH]c2ccccc12. The van der Waals surface area contributed by atoms with Gasteiger partial charge >= 0.3 is 5.97 Å². The average molecular weight is 302 g/mol. The molecule has 0 spiro atoms. The molecule has 0 amide bonds. The van der Waals surface area contributed by atoms with E-state index in [0.29, 0.717) is 18.9 Å². The molecule has 2 aromatic rings. The van der Waals surface area contributed by atoms with Crippen LogP contribution in [-0.4, -0.2) is 44.2 Å². The van der Waals surface area contributed by atoms with Gasteiger partial charge in [-0.3, -0.25) is 9.79 Å². The van der Waals surface area contributed by atoms with Crippen LogP contribution in [0.1, 0.15) is 12.0 Å². The molecule has 1 aromatic heterocycles. The smallest absolute Gasteiger partial charge is 0.307 e. The zero-order chi connectivity index (χ0) is 15.8. The third-order valence-electron chi connectivity index (χ3n) is 3.43. The second-order valence-corrected chi connectivity index (χ2v) is 4.86. The van der Waals surface area contributed by atoms with E-state index in [1.165, 1.54) is 18.1 Å². The number of carbonyl (C=O) groups is 1. The summed E-state index contributed by atoms with van der Waals surface area (Å²) in [6, 6.07) is 8.25. The van der Waals surface area contributed by atoms with E-state index in [9.17, 15) is 4.79 Å². The molecular formula is C16H22N4O2. The summed E-state index contributed by atoms with van der Waals surface area (Å²) in [4.78, 5) is 18.4. The van der Waals surface area contributed by atoms with Crippen LogP contribution in [0, 0.1) is 0 Å². The number of para-hydroxylation sites is 1. The molecule has 0 fully saturated rings. The Labute approximate surface area is 130 Å². The molecule has 0 radical (unpaired) electrons. The van der Waals surface area contributed by atoms with Crippen LogP contribution in [0.15, 0.2) is 35.5 Å². The highest BCUT2D eigenvalue weighted by Crippen LogP contribution is 2.17. The van der Waals surface area contributed by atoms with E-state index >= 15 is 0 Å². The number of hydrogen-bond acceptors (Lipinski definition) is 3. The Morgan fingerprint density at radius 3 is 2.82 bits per heavy atom. The molecule has 6 nitrogen and oxygen atoms in total. The van der Waals surface area contributed by atoms with Crippen LogP contribution in [0.2, 0.25) is 0 Å². The van der Waals surface area contributed by atoms with Crippen LogP contribution in [0.4, 0.5) is 0 Å². The maximum Gasteiger partial charge on any atom is 0.307 e. The molecular weight excluding hydrogens is 280 g/mol. The monoisotopic (exact) mass is 302 g/mol. The lowest BCUT2D eigenvalue weighted by molar-refractivity contribution is -0.140. The number of esters is 1. The number of nitrogens with one attached hydrogen (secondary N) is 3. The highest BCUT2D eigenvalue weighted by atomic mass is 16.5. The van der Waals surface area contributed by atoms with E-state index in [2.05, 4.69) is 37.5 Å². The highest BCUT2D eigenvalue weighted by molar-refractivity contribution is 5.83. The number of ether oxygens (including phenoxy) is 1. The Kier molecular flexibility index (Phi) is 5.82. The Morgan fingerprint density at radius 1 is 1.27 bits per heavy atom. The number of fused-ring (bicyclic) bond motifs is 1. The fourth-order valence-corrected chi connectivity index (χ4v) is 2.26. The van der Waals surface area contributed by atoms with Crippen LogP contribution in [0.25, 0.3) is 10.9 Å². The van der Waals surface area contributed by atoms with Crippen molar-refractivity contribution in [2.75, 3.05) is 27.2 Å². The van der Waals surface area contributed by atoms with Crippen molar-refractivity contribution >= 4 is 22.8 Å². The maximum atomic E-state index is 11.0. The lowest BCUT2D eigenvalue weighted by Crippen LogP contribution is -2.39. The second kappa shape index (κ2) is 8.07. The first-order chi connectivity index (χ1) is 10.7. The van der Waals surface area contributed by atoms with Crippen molar-refractivity contribution in [1.29, 1.82) is 0 Å². The molecule has 1 heterocycles. The molecule has 3 N–H and O–H groups in total. The van der Waals surface area contributed by atoms with Crippen molar-refractivity contribution in [2.24, 2.45) is 4.99 Å². The van der Waals surface area contributed by atoms with E-state index < -0.39 is 0 Å². The van der Waals surface area contributed by atoms with Crippen molar-refractivity contribution in [3.63, 3.8) is 0 Å². The standard InChI is InChI=1S/C16H22N4O2/c1-17-16(19-10-8-15(21)22-2)18-9-7-12-11-20-14-6-4-3-5-13(12)14/h3-6,11,20H,7-10H2,1-2H3,(H2,17,18,19). The van der Waals surface area contributed by atoms with Crippen LogP contribution >= 0.6 is 0 Å². The number of aliphatic imine (C=N–C) groups is 1. The van der Waals surface area contributed by atoms with Gasteiger partial charge in [-0.2, -0.15) is 0 Å². The summed E-state index contributed by atoms with van der Waals surface area (Å²) in [5.74, 6) is 0.450. The molecule has 0 saturated heterocycles. The summed E-state index contributed by atoms with van der Waals surface area (Å²) in [5, 5.41) is 7.57. The molecule has 2 rings (SSSR count). The van der Waals surface area contributed by atoms with Gasteiger partial charge in [0.05, 0.1) is 13.5 Å². The van der Waals surface area contributed by atoms with Crippen molar-refractivity contribution < 1.29 is 9.53 Å². The predicted octanol–water partition coefficient (Wildman–Crippen LogP) is 1.44. The fourth-order valence-electron chi connectivity index (χ4n) is 2.26. The van der Waals surface area contributed by atoms with Gasteiger partial charge in [-0.1, -0.05) is 18.2 Å². The molecule has 1 aromatic carbocycles. The Hall–Kier alpha value is -2.50. The van der Waals surface area contributed by atoms with Crippen LogP contribution in [0.5, 0.6) is 0 Å². The van der Waals surface area contributed by atoms with Crippen LogP contribution < -0.4 is 10.6 Å². The first kappa shape index (κ1) is 15.9. The normalized spacial score (nSPS) is 11.5. The molecule has 0 saturated carbocycles. The minimum absolute atomic E-state index is 0.234. The Balaban J connectivity index is 1.78. The number of H-pyrrole nitrogens is 1. The summed E-state index contributed by atoms with van der Waals surface area (Å²) in [5.41, 5.74) is 2.42. The third kappa shape index (κ3) is 4.25. The molecule has 0 atom stereocenters. The number of hydrogen-bond donors (Lipinski definition) is 3. The van der Waals surface area contributed by atoms with Crippen molar-refractivity contribution in [2.45, 2.75) is 12.8 Å². The van der Waals surface area contributed by atoms with E-state index in [1.54, 1.807) is 7.05 Å². The summed E-state index contributed by atoms with van der Waals surface area (Å²) in [7, 11) is 3.09. The largest absolute Gasteiger partial charge is 0.469 e. The van der Waals surface area contributed by atoms with E-state index in [-0.39, 0.29) is 5.97 Å². The van der Waals surface area contributed by atoms with Crippen molar-refractivity contribution in [3.05, 3.63) is 36.0 Å². The fraction of sp³-hybridized carbons (Fsp3) is 0.375. The third-order valence-corrected chi connectivity index (χ3v) is 3.43. The van der Waals surface area contributed by atoms with Crippen LogP contribution in [-0.2, 0) is 16.0 Å². The quantitative estimate of drug-likeness (QED) is 0.428. The number of rotatable bonds is 6. The molecule has 118 valence electrons. The number of benzene rings is 1. The number of methoxy groups -OCH3 is 1. The minimum Gasteiger partial charge on any atom is -0.469 e. The average Bonchev–Trinajstić information content (AvgIpc) is 2.96. The molecule has 0 aliphatic carbocycles. The Morgan fingerprint density at radius 2 is 2.05 bits per heavy atom. The molecule has 0 aliphatic heterocycles. The first-order valence-corrected chi connectivity index (χ1v) is 7.31. The van der Waals surface area contributed by atoms with Gasteiger partial charge in [0.15, 0.2) is 5.96 Å². The first-order valence-electron chi connectivity index (χ1n) is 7.31. The topological polar surface area (TPSA) is 78.5 Å². The van der Waals surface area contributed by atoms with E-state index in [4.69, 9.17) is 0 Å². The summed E-state index contributed by atoms with van der Waals surface area (Å²) in [6.45, 7) is 1.26. The number of guanidine groups is 1. The number of aromatic nitrogens is 1. The Bertz CT molecular complexity index is 648. The van der Waals surface area contributed by atoms with Gasteiger partial charge in [0, 0.05) is 37.2 Å². The van der Waals surface area contributed by atoms with E-state index in [0.717, 1.165) is 18.5 Å². The second-order valence-electron chi connectivity index (χ2n) is 4.86. The van der Waals surface area contributed by atoms with Gasteiger partial charge in [-0.15, -0.1) is 0 Å². The van der Waals surface area contributed by atoms with Crippen molar-refractivity contribution in [3.8, 4) is 0 Å². The molecule has 22 heavy (non-hydrogen) atoms. The molecule has 6 heteroatoms. The number of carbonyl (C=O) groups excluding carboxylic acids is 1. The van der Waals surface area contributed by atoms with Crippen LogP contribution in [0.3, 0.4) is 0 Å². The number of nitrogens with zero attached hydrogens (tertiary/aromatic N) is 1. The van der Waals surface area contributed by atoms with Gasteiger partial charge < -0.3 is 20.4 Å². The van der Waals surface area contributed by atoms with Crippen molar-refractivity contribution in [1.82, 2.24) is 15.6 Å². The molecule has 0 bridgehead atoms. The minimum atomic E-state index is -0.234.